The molecular formula is C21H19F3N4O4. The lowest BCUT2D eigenvalue weighted by Gasteiger charge is -2.13. The predicted octanol–water partition coefficient (Wildman–Crippen LogP) is 2.56. The Balaban J connectivity index is 1.87. The first kappa shape index (κ1) is 22.8. The largest absolute Gasteiger partial charge is 0.405 e. The second-order valence-electron chi connectivity index (χ2n) is 7.02. The van der Waals surface area contributed by atoms with E-state index in [2.05, 4.69) is 10.3 Å². The van der Waals surface area contributed by atoms with Crippen LogP contribution >= 0.6 is 0 Å². The lowest BCUT2D eigenvalue weighted by atomic mass is 10.1. The first-order valence-corrected chi connectivity index (χ1v) is 9.54. The Hall–Kier alpha value is -3.89. The zero-order valence-electron chi connectivity index (χ0n) is 17.1. The van der Waals surface area contributed by atoms with Crippen LogP contribution in [0.1, 0.15) is 33.2 Å². The summed E-state index contributed by atoms with van der Waals surface area (Å²) < 4.78 is 38.3. The van der Waals surface area contributed by atoms with Crippen LogP contribution in [0.25, 0.3) is 11.0 Å². The number of hydrogen-bond donors (Lipinski definition) is 3. The van der Waals surface area contributed by atoms with E-state index >= 15 is 0 Å². The smallest absolute Gasteiger partial charge is 0.343 e. The number of hydrogen-bond acceptors (Lipinski definition) is 4. The molecule has 1 aromatic heterocycles. The number of rotatable bonds is 5. The predicted molar refractivity (Wildman–Crippen MR) is 112 cm³/mol. The zero-order valence-corrected chi connectivity index (χ0v) is 17.1. The topological polar surface area (TPSA) is 113 Å². The molecule has 2 amide bonds. The van der Waals surface area contributed by atoms with Gasteiger partial charge in [-0.2, -0.15) is 13.2 Å². The van der Waals surface area contributed by atoms with Crippen molar-refractivity contribution in [3.8, 4) is 0 Å². The number of amides is 2. The number of H-pyrrole nitrogens is 1. The molecule has 0 spiro atoms. The molecule has 11 heteroatoms. The van der Waals surface area contributed by atoms with Gasteiger partial charge in [0.15, 0.2) is 0 Å². The Bertz CT molecular complexity index is 1330. The van der Waals surface area contributed by atoms with Crippen molar-refractivity contribution in [3.05, 3.63) is 73.8 Å². The van der Waals surface area contributed by atoms with Gasteiger partial charge in [0.1, 0.15) is 6.54 Å². The summed E-state index contributed by atoms with van der Waals surface area (Å²) in [4.78, 5) is 51.0. The molecule has 1 heterocycles. The number of aromatic nitrogens is 2. The van der Waals surface area contributed by atoms with Crippen molar-refractivity contribution in [1.82, 2.24) is 14.9 Å². The van der Waals surface area contributed by atoms with E-state index in [9.17, 15) is 32.3 Å². The molecule has 0 aliphatic rings. The fourth-order valence-corrected chi connectivity index (χ4v) is 3.11. The summed E-state index contributed by atoms with van der Waals surface area (Å²) in [6.45, 7) is 2.17. The first-order valence-electron chi connectivity index (χ1n) is 9.54. The van der Waals surface area contributed by atoms with Gasteiger partial charge in [-0.15, -0.1) is 0 Å². The van der Waals surface area contributed by atoms with Crippen molar-refractivity contribution in [2.45, 2.75) is 26.6 Å². The van der Waals surface area contributed by atoms with Crippen LogP contribution in [0.4, 0.5) is 18.9 Å². The van der Waals surface area contributed by atoms with Gasteiger partial charge in [-0.25, -0.2) is 0 Å². The van der Waals surface area contributed by atoms with Gasteiger partial charge in [0.05, 0.1) is 11.0 Å². The molecule has 3 rings (SSSR count). The van der Waals surface area contributed by atoms with Crippen molar-refractivity contribution in [2.75, 3.05) is 11.9 Å². The van der Waals surface area contributed by atoms with Crippen LogP contribution in [0.2, 0.25) is 0 Å². The molecule has 3 aromatic rings. The van der Waals surface area contributed by atoms with Gasteiger partial charge in [-0.3, -0.25) is 19.2 Å². The average Bonchev–Trinajstić information content (AvgIpc) is 2.73. The Morgan fingerprint density at radius 2 is 1.69 bits per heavy atom. The van der Waals surface area contributed by atoms with E-state index in [-0.39, 0.29) is 23.4 Å². The maximum atomic E-state index is 12.7. The zero-order chi connectivity index (χ0) is 23.6. The molecule has 0 saturated heterocycles. The molecule has 0 bridgehead atoms. The Morgan fingerprint density at radius 3 is 2.34 bits per heavy atom. The molecule has 0 aliphatic carbocycles. The van der Waals surface area contributed by atoms with Crippen molar-refractivity contribution in [3.63, 3.8) is 0 Å². The number of aryl methyl sites for hydroxylation is 2. The van der Waals surface area contributed by atoms with E-state index < -0.39 is 35.7 Å². The highest BCUT2D eigenvalue weighted by Crippen LogP contribution is 2.20. The third kappa shape index (κ3) is 4.88. The molecule has 0 fully saturated rings. The van der Waals surface area contributed by atoms with Crippen LogP contribution < -0.4 is 21.8 Å². The number of fused-ring (bicyclic) bond motifs is 1. The summed E-state index contributed by atoms with van der Waals surface area (Å²) in [7, 11) is 0. The van der Waals surface area contributed by atoms with E-state index in [1.807, 2.05) is 0 Å². The summed E-state index contributed by atoms with van der Waals surface area (Å²) in [5, 5.41) is 4.38. The maximum Gasteiger partial charge on any atom is 0.405 e. The number of halogens is 3. The van der Waals surface area contributed by atoms with E-state index in [1.165, 1.54) is 41.0 Å². The number of carbonyl (C=O) groups is 2. The van der Waals surface area contributed by atoms with Crippen LogP contribution in [-0.2, 0) is 6.54 Å². The second-order valence-corrected chi connectivity index (χ2v) is 7.02. The minimum absolute atomic E-state index is 0.0510. The molecule has 0 saturated carbocycles. The Morgan fingerprint density at radius 1 is 1.03 bits per heavy atom. The quantitative estimate of drug-likeness (QED) is 0.521. The first-order chi connectivity index (χ1) is 15.0. The number of alkyl halides is 3. The fraction of sp³-hybridized carbons (Fsp3) is 0.238. The number of benzene rings is 2. The van der Waals surface area contributed by atoms with Crippen LogP contribution in [0.3, 0.4) is 0 Å². The van der Waals surface area contributed by atoms with Crippen molar-refractivity contribution in [2.24, 2.45) is 0 Å². The highest BCUT2D eigenvalue weighted by Gasteiger charge is 2.28. The van der Waals surface area contributed by atoms with E-state index in [0.717, 1.165) is 0 Å². The van der Waals surface area contributed by atoms with Crippen molar-refractivity contribution >= 4 is 28.5 Å². The van der Waals surface area contributed by atoms with Crippen molar-refractivity contribution in [1.29, 1.82) is 0 Å². The van der Waals surface area contributed by atoms with Gasteiger partial charge >= 0.3 is 17.3 Å². The SMILES string of the molecule is CCn1c(=O)c(=O)[nH]c2cc(C(=O)Nc3cc(C(=O)NCC(F)(F)F)ccc3C)ccc21. The van der Waals surface area contributed by atoms with E-state index in [1.54, 1.807) is 19.2 Å². The molecule has 2 aromatic carbocycles. The monoisotopic (exact) mass is 448 g/mol. The van der Waals surface area contributed by atoms with Gasteiger partial charge in [0, 0.05) is 23.4 Å². The molecule has 0 radical (unpaired) electrons. The van der Waals surface area contributed by atoms with Crippen LogP contribution in [0.5, 0.6) is 0 Å². The molecule has 0 atom stereocenters. The molecule has 0 aliphatic heterocycles. The maximum absolute atomic E-state index is 12.7. The van der Waals surface area contributed by atoms with E-state index in [4.69, 9.17) is 0 Å². The van der Waals surface area contributed by atoms with Gasteiger partial charge in [-0.1, -0.05) is 6.07 Å². The number of nitrogens with zero attached hydrogens (tertiary/aromatic N) is 1. The normalized spacial score (nSPS) is 11.4. The third-order valence-corrected chi connectivity index (χ3v) is 4.75. The standard InChI is InChI=1S/C21H19F3N4O4/c1-3-28-16-7-6-13(9-15(16)27-19(31)20(28)32)18(30)26-14-8-12(5-4-11(14)2)17(29)25-10-21(22,23)24/h4-9H,3,10H2,1-2H3,(H,25,29)(H,26,30)(H,27,31). The summed E-state index contributed by atoms with van der Waals surface area (Å²) in [5.74, 6) is -1.50. The molecule has 0 unspecified atom stereocenters. The average molecular weight is 448 g/mol. The fourth-order valence-electron chi connectivity index (χ4n) is 3.11. The molecule has 168 valence electrons. The molecule has 3 N–H and O–H groups in total. The summed E-state index contributed by atoms with van der Waals surface area (Å²) >= 11 is 0. The van der Waals surface area contributed by atoms with E-state index in [0.29, 0.717) is 16.6 Å². The van der Waals surface area contributed by atoms with Gasteiger partial charge in [0.25, 0.3) is 11.8 Å². The highest BCUT2D eigenvalue weighted by molar-refractivity contribution is 6.07. The summed E-state index contributed by atoms with van der Waals surface area (Å²) in [6.07, 6.45) is -4.54. The van der Waals surface area contributed by atoms with Crippen LogP contribution in [0, 0.1) is 6.92 Å². The number of aromatic amines is 1. The second kappa shape index (κ2) is 8.69. The Labute approximate surface area is 179 Å². The lowest BCUT2D eigenvalue weighted by molar-refractivity contribution is -0.123. The minimum atomic E-state index is -4.54. The number of nitrogens with one attached hydrogen (secondary N) is 3. The van der Waals surface area contributed by atoms with Crippen molar-refractivity contribution < 1.29 is 22.8 Å². The molecule has 32 heavy (non-hydrogen) atoms. The number of anilines is 1. The van der Waals surface area contributed by atoms with Gasteiger partial charge in [0.2, 0.25) is 0 Å². The minimum Gasteiger partial charge on any atom is -0.343 e. The lowest BCUT2D eigenvalue weighted by Crippen LogP contribution is -2.36. The van der Waals surface area contributed by atoms with Gasteiger partial charge < -0.3 is 20.2 Å². The summed E-state index contributed by atoms with van der Waals surface area (Å²) in [6, 6.07) is 8.52. The third-order valence-electron chi connectivity index (χ3n) is 4.75. The van der Waals surface area contributed by atoms with Crippen LogP contribution in [0.15, 0.2) is 46.0 Å². The van der Waals surface area contributed by atoms with Crippen LogP contribution in [-0.4, -0.2) is 34.1 Å². The summed E-state index contributed by atoms with van der Waals surface area (Å²) in [5.41, 5.74) is 0.167. The highest BCUT2D eigenvalue weighted by atomic mass is 19.4. The number of carbonyl (C=O) groups excluding carboxylic acids is 2. The van der Waals surface area contributed by atoms with Gasteiger partial charge in [-0.05, 0) is 49.7 Å². The molecule has 8 nitrogen and oxygen atoms in total. The Kier molecular flexibility index (Phi) is 6.19. The molecular weight excluding hydrogens is 429 g/mol.